The molecule has 1 fully saturated rings. The second kappa shape index (κ2) is 36.2. The lowest BCUT2D eigenvalue weighted by Crippen LogP contribution is -2.45. The number of hydrogen-bond acceptors (Lipinski definition) is 19. The molecule has 0 aromatic carbocycles. The third-order valence-electron chi connectivity index (χ3n) is 7.35. The zero-order valence-electron chi connectivity index (χ0n) is 42.4. The zero-order chi connectivity index (χ0) is 52.5. The van der Waals surface area contributed by atoms with Crippen molar-refractivity contribution in [1.82, 2.24) is 26.1 Å². The standard InChI is InChI=1S/C19H34N4O3S2.C16H28N2O8S2.C4H10N2O.C4H8O/c1-7-9-20-10-8-11-27-13-28-12-15(21-18(24)25-19(4,5)6)17-22-16(14(2)3)23-26-17;1-15(2,3)25-13(23)17-9(11(19)20)7-27-28-8-10(12(21)22)18-14(24)26-16(4,5)6;1-3(2)4(5)6-7;1-2-4-5-3-1/h10,14-15H,7-9,11-13H2,1-6H3,(H,21,24);9-10H,7-8H2,1-6H3,(H,17,23)(H,18,24)(H,19,20)(H,21,22);3,7H,1-2H3,(H2,5,6);1-4H2/t15-;9-,10-;;/m00../s1. The lowest BCUT2D eigenvalue weighted by Gasteiger charge is -2.22. The number of aliphatic imine (C=N–C) groups is 1. The molecule has 394 valence electrons. The SMILES string of the molecule is C1CCOC1.CC(C)(C)OC(=O)N[C@@H](CSSC[C@H](NC(=O)OC(C)(C)C)C(=O)O)C(=O)O.CC(C)/C(N)=N/O.CCCN=CCCSCSC[C@H](NC(=O)OC(C)(C)C)c1nc(C(C)C)no1. The first-order valence-electron chi connectivity index (χ1n) is 22.2. The number of rotatable bonds is 22. The monoisotopic (exact) mass is 1040 g/mol. The van der Waals surface area contributed by atoms with Gasteiger partial charge in [0.1, 0.15) is 40.8 Å². The van der Waals surface area contributed by atoms with Gasteiger partial charge in [0.2, 0.25) is 5.89 Å². The van der Waals surface area contributed by atoms with Crippen molar-refractivity contribution in [2.75, 3.05) is 47.9 Å². The number of hydrogen-bond donors (Lipinski definition) is 7. The van der Waals surface area contributed by atoms with Crippen LogP contribution in [0.25, 0.3) is 0 Å². The van der Waals surface area contributed by atoms with Gasteiger partial charge in [0.15, 0.2) is 5.82 Å². The minimum absolute atomic E-state index is 0.0297. The summed E-state index contributed by atoms with van der Waals surface area (Å²) < 4.78 is 25.7. The van der Waals surface area contributed by atoms with Crippen molar-refractivity contribution in [3.05, 3.63) is 11.7 Å². The summed E-state index contributed by atoms with van der Waals surface area (Å²) >= 11 is 3.57. The topological polar surface area (TPSA) is 309 Å². The van der Waals surface area contributed by atoms with Crippen LogP contribution in [0.1, 0.15) is 146 Å². The van der Waals surface area contributed by atoms with Crippen LogP contribution in [0.3, 0.4) is 0 Å². The number of thioether (sulfide) groups is 2. The van der Waals surface area contributed by atoms with Crippen molar-refractivity contribution in [1.29, 1.82) is 0 Å². The van der Waals surface area contributed by atoms with Crippen molar-refractivity contribution < 1.29 is 62.9 Å². The summed E-state index contributed by atoms with van der Waals surface area (Å²) in [7, 11) is 2.09. The second-order valence-electron chi connectivity index (χ2n) is 18.3. The number of carboxylic acids is 2. The highest BCUT2D eigenvalue weighted by atomic mass is 33.1. The van der Waals surface area contributed by atoms with E-state index in [-0.39, 0.29) is 35.2 Å². The first-order chi connectivity index (χ1) is 31.5. The fourth-order valence-electron chi connectivity index (χ4n) is 4.09. The van der Waals surface area contributed by atoms with Crippen LogP contribution in [0.2, 0.25) is 0 Å². The first-order valence-corrected chi connectivity index (χ1v) is 27.0. The average Bonchev–Trinajstić information content (AvgIpc) is 3.95. The lowest BCUT2D eigenvalue weighted by molar-refractivity contribution is -0.139. The normalized spacial score (nSPS) is 14.2. The number of alkyl carbamates (subject to hydrolysis) is 3. The molecule has 1 saturated heterocycles. The van der Waals surface area contributed by atoms with Gasteiger partial charge in [-0.3, -0.25) is 4.99 Å². The van der Waals surface area contributed by atoms with E-state index in [1.165, 1.54) is 12.8 Å². The Morgan fingerprint density at radius 3 is 1.59 bits per heavy atom. The van der Waals surface area contributed by atoms with Crippen LogP contribution in [-0.4, -0.2) is 145 Å². The quantitative estimate of drug-likeness (QED) is 0.00835. The maximum Gasteiger partial charge on any atom is 0.408 e. The third-order valence-corrected chi connectivity index (χ3v) is 12.2. The van der Waals surface area contributed by atoms with Crippen molar-refractivity contribution in [2.24, 2.45) is 21.8 Å². The van der Waals surface area contributed by atoms with Crippen molar-refractivity contribution in [3.63, 3.8) is 0 Å². The Balaban J connectivity index is 0. The molecule has 0 bridgehead atoms. The fraction of sp³-hybridized carbons (Fsp3) is 0.791. The summed E-state index contributed by atoms with van der Waals surface area (Å²) in [4.78, 5) is 66.8. The highest BCUT2D eigenvalue weighted by Crippen LogP contribution is 2.25. The van der Waals surface area contributed by atoms with E-state index >= 15 is 0 Å². The van der Waals surface area contributed by atoms with E-state index in [0.717, 1.165) is 65.0 Å². The molecule has 3 atom stereocenters. The summed E-state index contributed by atoms with van der Waals surface area (Å²) in [5.74, 6) is 0.743. The maximum atomic E-state index is 12.2. The molecule has 0 radical (unpaired) electrons. The maximum absolute atomic E-state index is 12.2. The summed E-state index contributed by atoms with van der Waals surface area (Å²) in [6, 6.07) is -2.81. The smallest absolute Gasteiger partial charge is 0.408 e. The Labute approximate surface area is 419 Å². The summed E-state index contributed by atoms with van der Waals surface area (Å²) in [5, 5.41) is 41.4. The van der Waals surface area contributed by atoms with Crippen LogP contribution >= 0.6 is 45.1 Å². The van der Waals surface area contributed by atoms with Gasteiger partial charge in [0.05, 0.1) is 0 Å². The number of carboxylic acid groups (broad SMARTS) is 2. The minimum Gasteiger partial charge on any atom is -0.480 e. The Morgan fingerprint density at radius 1 is 0.779 bits per heavy atom. The van der Waals surface area contributed by atoms with Crippen LogP contribution in [0, 0.1) is 5.92 Å². The van der Waals surface area contributed by atoms with E-state index in [2.05, 4.69) is 43.2 Å². The van der Waals surface area contributed by atoms with Gasteiger partial charge in [0.25, 0.3) is 0 Å². The van der Waals surface area contributed by atoms with Crippen LogP contribution in [0.15, 0.2) is 14.7 Å². The molecule has 0 saturated carbocycles. The molecule has 3 amide bonds. The fourth-order valence-corrected chi connectivity index (χ4v) is 8.46. The molecule has 1 aromatic rings. The number of nitrogens with zero attached hydrogens (tertiary/aromatic N) is 4. The molecular weight excluding hydrogens is 965 g/mol. The molecule has 1 aromatic heterocycles. The predicted molar refractivity (Wildman–Crippen MR) is 273 cm³/mol. The highest BCUT2D eigenvalue weighted by Gasteiger charge is 2.28. The Morgan fingerprint density at radius 2 is 1.25 bits per heavy atom. The predicted octanol–water partition coefficient (Wildman–Crippen LogP) is 8.56. The number of nitrogens with two attached hydrogens (primary N) is 1. The van der Waals surface area contributed by atoms with Crippen molar-refractivity contribution in [3.8, 4) is 0 Å². The highest BCUT2D eigenvalue weighted by molar-refractivity contribution is 8.76. The number of oxime groups is 1. The van der Waals surface area contributed by atoms with Gasteiger partial charge in [-0.1, -0.05) is 66.5 Å². The molecule has 0 spiro atoms. The Kier molecular flexibility index (Phi) is 35.3. The molecule has 25 heteroatoms. The van der Waals surface area contributed by atoms with Gasteiger partial charge >= 0.3 is 30.2 Å². The van der Waals surface area contributed by atoms with Gasteiger partial charge < -0.3 is 60.6 Å². The lowest BCUT2D eigenvalue weighted by atomic mass is 10.2. The Hall–Kier alpha value is -3.81. The first kappa shape index (κ1) is 66.3. The third kappa shape index (κ3) is 39.1. The summed E-state index contributed by atoms with van der Waals surface area (Å²) in [6.45, 7) is 28.1. The number of carbonyl (C=O) groups is 5. The van der Waals surface area contributed by atoms with E-state index in [9.17, 15) is 34.2 Å². The average molecular weight is 1050 g/mol. The molecule has 2 rings (SSSR count). The number of carbonyl (C=O) groups excluding carboxylic acids is 3. The molecule has 0 unspecified atom stereocenters. The summed E-state index contributed by atoms with van der Waals surface area (Å²) in [6.07, 6.45) is 4.41. The zero-order valence-corrected chi connectivity index (χ0v) is 45.6. The van der Waals surface area contributed by atoms with E-state index in [1.54, 1.807) is 53.3 Å². The second-order valence-corrected chi connectivity index (χ2v) is 23.3. The van der Waals surface area contributed by atoms with Gasteiger partial charge in [-0.25, -0.2) is 24.0 Å². The van der Waals surface area contributed by atoms with Crippen LogP contribution in [0.4, 0.5) is 14.4 Å². The number of aliphatic carboxylic acids is 2. The molecule has 2 heterocycles. The van der Waals surface area contributed by atoms with Crippen LogP contribution in [-0.2, 0) is 28.5 Å². The number of ether oxygens (including phenoxy) is 4. The molecular formula is C43H80N8O13S4. The molecule has 0 aliphatic carbocycles. The molecule has 1 aliphatic rings. The number of aromatic nitrogens is 2. The Bertz CT molecular complexity index is 1590. The van der Waals surface area contributed by atoms with E-state index in [4.69, 9.17) is 34.4 Å². The molecule has 21 nitrogen and oxygen atoms in total. The van der Waals surface area contributed by atoms with E-state index in [0.29, 0.717) is 17.5 Å². The largest absolute Gasteiger partial charge is 0.480 e. The van der Waals surface area contributed by atoms with Gasteiger partial charge in [0, 0.05) is 53.9 Å². The van der Waals surface area contributed by atoms with Crippen LogP contribution < -0.4 is 21.7 Å². The molecule has 1 aliphatic heterocycles. The molecule has 68 heavy (non-hydrogen) atoms. The number of nitrogens with one attached hydrogen (secondary N) is 3. The number of amides is 3. The van der Waals surface area contributed by atoms with Crippen molar-refractivity contribution in [2.45, 2.75) is 163 Å². The van der Waals surface area contributed by atoms with E-state index < -0.39 is 59.1 Å². The van der Waals surface area contributed by atoms with Gasteiger partial charge in [-0.05, 0) is 100.0 Å². The van der Waals surface area contributed by atoms with Gasteiger partial charge in [-0.2, -0.15) is 16.7 Å². The van der Waals surface area contributed by atoms with Crippen molar-refractivity contribution >= 4 is 87.4 Å². The van der Waals surface area contributed by atoms with Gasteiger partial charge in [-0.15, -0.1) is 11.8 Å². The van der Waals surface area contributed by atoms with Crippen LogP contribution in [0.5, 0.6) is 0 Å². The minimum atomic E-state index is -1.25. The van der Waals surface area contributed by atoms with E-state index in [1.807, 2.05) is 66.4 Å². The number of amidine groups is 1. The molecule has 8 N–H and O–H groups in total. The summed E-state index contributed by atoms with van der Waals surface area (Å²) in [5.41, 5.74) is 3.02.